The summed E-state index contributed by atoms with van der Waals surface area (Å²) in [6.45, 7) is 4.00. The van der Waals surface area contributed by atoms with Crippen LogP contribution in [0.2, 0.25) is 0 Å². The van der Waals surface area contributed by atoms with Gasteiger partial charge in [0.15, 0.2) is 0 Å². The molecule has 0 unspecified atom stereocenters. The molecule has 0 fully saturated rings. The van der Waals surface area contributed by atoms with E-state index < -0.39 is 10.0 Å². The van der Waals surface area contributed by atoms with Crippen LogP contribution in [0.25, 0.3) is 0 Å². The van der Waals surface area contributed by atoms with E-state index in [2.05, 4.69) is 29.9 Å². The molecule has 16 heavy (non-hydrogen) atoms. The summed E-state index contributed by atoms with van der Waals surface area (Å²) in [6.07, 6.45) is 7.30. The van der Waals surface area contributed by atoms with Gasteiger partial charge in [-0.05, 0) is 36.2 Å². The van der Waals surface area contributed by atoms with Crippen LogP contribution in [0.1, 0.15) is 29.8 Å². The number of hydrogen-bond acceptors (Lipinski definition) is 1. The minimum absolute atomic E-state index is 0.693. The molecule has 0 aliphatic carbocycles. The van der Waals surface area contributed by atoms with Crippen LogP contribution in [0.4, 0.5) is 0 Å². The van der Waals surface area contributed by atoms with Crippen molar-refractivity contribution in [3.05, 3.63) is 35.4 Å². The normalized spacial score (nSPS) is 10.3. The number of carbonyl (C=O) groups excluding carboxylic acids is 1. The Morgan fingerprint density at radius 1 is 1.06 bits per heavy atom. The molecule has 0 heterocycles. The predicted octanol–water partition coefficient (Wildman–Crippen LogP) is 3.53. The second-order valence-electron chi connectivity index (χ2n) is 3.80. The minimum atomic E-state index is -0.769. The van der Waals surface area contributed by atoms with Gasteiger partial charge in [0.25, 0.3) is 0 Å². The molecule has 1 aromatic carbocycles. The van der Waals surface area contributed by atoms with Gasteiger partial charge in [0.05, 0.1) is 0 Å². The van der Waals surface area contributed by atoms with Crippen molar-refractivity contribution in [1.29, 1.82) is 0 Å². The van der Waals surface area contributed by atoms with Crippen molar-refractivity contribution in [1.82, 2.24) is 0 Å². The Balaban J connectivity index is 0.00000106. The summed E-state index contributed by atoms with van der Waals surface area (Å²) in [7, 11) is -0.769. The average molecular weight is 236 g/mol. The van der Waals surface area contributed by atoms with Crippen molar-refractivity contribution < 1.29 is 4.79 Å². The SMILES string of the molecule is CC.CS(C)(C)C#Cc1ccc(C=O)cc1. The van der Waals surface area contributed by atoms with Crippen LogP contribution < -0.4 is 0 Å². The summed E-state index contributed by atoms with van der Waals surface area (Å²) in [5.41, 5.74) is 1.66. The Bertz CT molecular complexity index is 374. The third kappa shape index (κ3) is 6.31. The van der Waals surface area contributed by atoms with E-state index in [4.69, 9.17) is 0 Å². The maximum absolute atomic E-state index is 10.4. The van der Waals surface area contributed by atoms with Gasteiger partial charge in [0.1, 0.15) is 6.29 Å². The number of carbonyl (C=O) groups is 1. The zero-order valence-electron chi connectivity index (χ0n) is 10.7. The first-order valence-electron chi connectivity index (χ1n) is 5.27. The third-order valence-electron chi connectivity index (χ3n) is 1.55. The van der Waals surface area contributed by atoms with E-state index in [1.807, 2.05) is 26.0 Å². The van der Waals surface area contributed by atoms with Crippen molar-refractivity contribution in [3.63, 3.8) is 0 Å². The van der Waals surface area contributed by atoms with Gasteiger partial charge in [0.2, 0.25) is 0 Å². The molecule has 88 valence electrons. The molecule has 0 aliphatic heterocycles. The number of hydrogen-bond donors (Lipinski definition) is 0. The van der Waals surface area contributed by atoms with Gasteiger partial charge in [-0.3, -0.25) is 4.79 Å². The van der Waals surface area contributed by atoms with Gasteiger partial charge >= 0.3 is 0 Å². The minimum Gasteiger partial charge on any atom is -0.298 e. The highest BCUT2D eigenvalue weighted by Crippen LogP contribution is 2.32. The first kappa shape index (κ1) is 14.8. The molecule has 0 bridgehead atoms. The molecule has 0 N–H and O–H groups in total. The van der Waals surface area contributed by atoms with Crippen LogP contribution in [0.5, 0.6) is 0 Å². The summed E-state index contributed by atoms with van der Waals surface area (Å²) in [5, 5.41) is 3.22. The topological polar surface area (TPSA) is 17.1 Å². The monoisotopic (exact) mass is 236 g/mol. The Morgan fingerprint density at radius 2 is 1.56 bits per heavy atom. The molecule has 1 aromatic rings. The Labute approximate surface area is 101 Å². The summed E-state index contributed by atoms with van der Waals surface area (Å²) in [4.78, 5) is 10.4. The Hall–Kier alpha value is -1.20. The highest BCUT2D eigenvalue weighted by Gasteiger charge is 1.96. The highest BCUT2D eigenvalue weighted by atomic mass is 32.3. The van der Waals surface area contributed by atoms with Crippen LogP contribution in [-0.4, -0.2) is 25.1 Å². The van der Waals surface area contributed by atoms with E-state index >= 15 is 0 Å². The number of aldehydes is 1. The van der Waals surface area contributed by atoms with Gasteiger partial charge in [-0.25, -0.2) is 0 Å². The highest BCUT2D eigenvalue weighted by molar-refractivity contribution is 8.35. The van der Waals surface area contributed by atoms with Crippen molar-refractivity contribution in [2.45, 2.75) is 13.8 Å². The molecule has 1 nitrogen and oxygen atoms in total. The first-order chi connectivity index (χ1) is 7.51. The average Bonchev–Trinajstić information content (AvgIpc) is 2.29. The van der Waals surface area contributed by atoms with E-state index in [0.717, 1.165) is 11.8 Å². The lowest BCUT2D eigenvalue weighted by Gasteiger charge is -2.14. The fourth-order valence-corrected chi connectivity index (χ4v) is 1.28. The maximum Gasteiger partial charge on any atom is 0.150 e. The summed E-state index contributed by atoms with van der Waals surface area (Å²) < 4.78 is 0. The molecular weight excluding hydrogens is 216 g/mol. The van der Waals surface area contributed by atoms with E-state index in [1.54, 1.807) is 12.1 Å². The molecule has 0 aliphatic rings. The summed E-state index contributed by atoms with van der Waals surface area (Å²) in [6, 6.07) is 7.33. The van der Waals surface area contributed by atoms with Gasteiger partial charge < -0.3 is 0 Å². The quantitative estimate of drug-likeness (QED) is 0.538. The van der Waals surface area contributed by atoms with Crippen molar-refractivity contribution >= 4 is 16.3 Å². The lowest BCUT2D eigenvalue weighted by molar-refractivity contribution is 0.112. The van der Waals surface area contributed by atoms with Crippen LogP contribution in [0.15, 0.2) is 24.3 Å². The van der Waals surface area contributed by atoms with Crippen LogP contribution >= 0.6 is 10.0 Å². The van der Waals surface area contributed by atoms with Crippen LogP contribution in [-0.2, 0) is 0 Å². The molecule has 0 spiro atoms. The van der Waals surface area contributed by atoms with Crippen molar-refractivity contribution in [3.8, 4) is 11.2 Å². The molecule has 2 heteroatoms. The molecule has 0 saturated heterocycles. The fourth-order valence-electron chi connectivity index (χ4n) is 0.857. The first-order valence-corrected chi connectivity index (χ1v) is 8.13. The smallest absolute Gasteiger partial charge is 0.150 e. The molecule has 0 atom stereocenters. The van der Waals surface area contributed by atoms with Crippen molar-refractivity contribution in [2.24, 2.45) is 0 Å². The summed E-state index contributed by atoms with van der Waals surface area (Å²) >= 11 is 0. The molecule has 0 aromatic heterocycles. The molecule has 0 radical (unpaired) electrons. The lowest BCUT2D eigenvalue weighted by atomic mass is 10.2. The number of benzene rings is 1. The number of rotatable bonds is 1. The maximum atomic E-state index is 10.4. The van der Waals surface area contributed by atoms with Gasteiger partial charge in [-0.2, -0.15) is 10.0 Å². The standard InChI is InChI=1S/C12H14OS.C2H6/c1-14(2,3)9-8-11-4-6-12(10-13)7-5-11;1-2/h4-7,10H,1-3H3;1-2H3. The second-order valence-corrected chi connectivity index (χ2v) is 7.68. The molecular formula is C14H20OS. The van der Waals surface area contributed by atoms with Crippen molar-refractivity contribution in [2.75, 3.05) is 18.8 Å². The van der Waals surface area contributed by atoms with E-state index in [0.29, 0.717) is 5.56 Å². The zero-order chi connectivity index (χ0) is 12.6. The zero-order valence-corrected chi connectivity index (χ0v) is 11.5. The van der Waals surface area contributed by atoms with E-state index in [9.17, 15) is 4.79 Å². The van der Waals surface area contributed by atoms with Crippen LogP contribution in [0, 0.1) is 11.2 Å². The molecule has 0 saturated carbocycles. The van der Waals surface area contributed by atoms with Gasteiger partial charge in [0, 0.05) is 11.1 Å². The fraction of sp³-hybridized carbons (Fsp3) is 0.357. The molecule has 1 rings (SSSR count). The Morgan fingerprint density at radius 3 is 1.94 bits per heavy atom. The van der Waals surface area contributed by atoms with E-state index in [-0.39, 0.29) is 0 Å². The van der Waals surface area contributed by atoms with Crippen LogP contribution in [0.3, 0.4) is 0 Å². The van der Waals surface area contributed by atoms with Gasteiger partial charge in [-0.1, -0.05) is 31.9 Å². The lowest BCUT2D eigenvalue weighted by Crippen LogP contribution is -1.85. The largest absolute Gasteiger partial charge is 0.298 e. The van der Waals surface area contributed by atoms with Gasteiger partial charge in [-0.15, -0.1) is 0 Å². The third-order valence-corrected chi connectivity index (χ3v) is 2.26. The van der Waals surface area contributed by atoms with E-state index in [1.165, 1.54) is 0 Å². The Kier molecular flexibility index (Phi) is 6.60. The summed E-state index contributed by atoms with van der Waals surface area (Å²) in [5.74, 6) is 3.11. The predicted molar refractivity (Wildman–Crippen MR) is 75.4 cm³/mol. The molecule has 0 amide bonds. The second kappa shape index (κ2) is 7.14.